The van der Waals surface area contributed by atoms with Crippen molar-refractivity contribution in [3.05, 3.63) is 22.3 Å². The third-order valence-electron chi connectivity index (χ3n) is 1.48. The molecule has 0 bridgehead atoms. The van der Waals surface area contributed by atoms with Crippen LogP contribution >= 0.6 is 15.9 Å². The highest BCUT2D eigenvalue weighted by molar-refractivity contribution is 9.10. The standard InChI is InChI=1S/C8H6BrN3O4/c1-16-7(13)4-2-6(10-3-5(4)9)11-12-8(14)15/h2-3H,1H3,(H,14,15)/b12-11+. The second-order valence-electron chi connectivity index (χ2n) is 2.50. The molecule has 1 heterocycles. The normalized spacial score (nSPS) is 10.4. The second kappa shape index (κ2) is 5.31. The first-order chi connectivity index (χ1) is 7.54. The number of hydrogen-bond donors (Lipinski definition) is 1. The predicted octanol–water partition coefficient (Wildman–Crippen LogP) is 2.39. The Morgan fingerprint density at radius 2 is 2.25 bits per heavy atom. The fraction of sp³-hybridized carbons (Fsp3) is 0.125. The first-order valence-electron chi connectivity index (χ1n) is 3.93. The number of methoxy groups -OCH3 is 1. The van der Waals surface area contributed by atoms with Crippen LogP contribution in [-0.2, 0) is 4.74 Å². The lowest BCUT2D eigenvalue weighted by Crippen LogP contribution is -2.02. The SMILES string of the molecule is COC(=O)c1cc(/N=N/C(=O)O)ncc1Br. The second-order valence-corrected chi connectivity index (χ2v) is 3.35. The summed E-state index contributed by atoms with van der Waals surface area (Å²) < 4.78 is 4.94. The van der Waals surface area contributed by atoms with Gasteiger partial charge in [-0.05, 0) is 15.9 Å². The fourth-order valence-electron chi connectivity index (χ4n) is 0.843. The third-order valence-corrected chi connectivity index (χ3v) is 2.12. The Balaban J connectivity index is 3.07. The monoisotopic (exact) mass is 287 g/mol. The van der Waals surface area contributed by atoms with Gasteiger partial charge in [0.25, 0.3) is 0 Å². The number of esters is 1. The summed E-state index contributed by atoms with van der Waals surface area (Å²) in [7, 11) is 1.23. The van der Waals surface area contributed by atoms with E-state index >= 15 is 0 Å². The summed E-state index contributed by atoms with van der Waals surface area (Å²) in [4.78, 5) is 25.1. The lowest BCUT2D eigenvalue weighted by Gasteiger charge is -2.01. The molecule has 16 heavy (non-hydrogen) atoms. The molecule has 7 nitrogen and oxygen atoms in total. The summed E-state index contributed by atoms with van der Waals surface area (Å²) >= 11 is 3.10. The van der Waals surface area contributed by atoms with Gasteiger partial charge in [0.1, 0.15) is 0 Å². The number of nitrogens with zero attached hydrogens (tertiary/aromatic N) is 3. The lowest BCUT2D eigenvalue weighted by atomic mass is 10.2. The molecule has 0 atom stereocenters. The van der Waals surface area contributed by atoms with Gasteiger partial charge in [-0.1, -0.05) is 5.11 Å². The van der Waals surface area contributed by atoms with Crippen molar-refractivity contribution in [2.45, 2.75) is 0 Å². The van der Waals surface area contributed by atoms with Gasteiger partial charge in [-0.2, -0.15) is 0 Å². The topological polar surface area (TPSA) is 101 Å². The summed E-state index contributed by atoms with van der Waals surface area (Å²) in [6, 6.07) is 1.27. The van der Waals surface area contributed by atoms with Crippen molar-refractivity contribution in [1.82, 2.24) is 4.98 Å². The van der Waals surface area contributed by atoms with Gasteiger partial charge in [-0.25, -0.2) is 14.6 Å². The molecule has 1 aromatic rings. The van der Waals surface area contributed by atoms with Gasteiger partial charge in [0, 0.05) is 12.3 Å². The Morgan fingerprint density at radius 3 is 2.81 bits per heavy atom. The molecule has 0 aliphatic rings. The smallest absolute Gasteiger partial charge is 0.450 e. The van der Waals surface area contributed by atoms with Crippen LogP contribution in [0.4, 0.5) is 10.6 Å². The zero-order chi connectivity index (χ0) is 12.1. The minimum atomic E-state index is -1.44. The third kappa shape index (κ3) is 3.09. The van der Waals surface area contributed by atoms with Gasteiger partial charge in [0.05, 0.1) is 17.1 Å². The van der Waals surface area contributed by atoms with Gasteiger partial charge in [0.15, 0.2) is 5.82 Å². The highest BCUT2D eigenvalue weighted by Crippen LogP contribution is 2.21. The quantitative estimate of drug-likeness (QED) is 0.665. The summed E-state index contributed by atoms with van der Waals surface area (Å²) in [5, 5.41) is 14.4. The number of azo groups is 1. The number of aromatic nitrogens is 1. The van der Waals surface area contributed by atoms with Crippen molar-refractivity contribution in [1.29, 1.82) is 0 Å². The highest BCUT2D eigenvalue weighted by atomic mass is 79.9. The maximum absolute atomic E-state index is 11.3. The van der Waals surface area contributed by atoms with Crippen LogP contribution in [0.2, 0.25) is 0 Å². The molecular weight excluding hydrogens is 282 g/mol. The van der Waals surface area contributed by atoms with Crippen LogP contribution in [0.15, 0.2) is 27.0 Å². The Hall–Kier alpha value is -1.83. The van der Waals surface area contributed by atoms with E-state index in [1.54, 1.807) is 0 Å². The molecule has 1 aromatic heterocycles. The van der Waals surface area contributed by atoms with Crippen LogP contribution in [0.1, 0.15) is 10.4 Å². The van der Waals surface area contributed by atoms with E-state index in [9.17, 15) is 9.59 Å². The lowest BCUT2D eigenvalue weighted by molar-refractivity contribution is 0.0599. The number of amides is 1. The minimum absolute atomic E-state index is 0.00556. The average molecular weight is 288 g/mol. The van der Waals surface area contributed by atoms with Crippen molar-refractivity contribution >= 4 is 33.8 Å². The van der Waals surface area contributed by atoms with Crippen LogP contribution in [0, 0.1) is 0 Å². The van der Waals surface area contributed by atoms with Gasteiger partial charge < -0.3 is 9.84 Å². The molecule has 84 valence electrons. The Morgan fingerprint density at radius 1 is 1.56 bits per heavy atom. The number of ether oxygens (including phenoxy) is 1. The summed E-state index contributed by atoms with van der Waals surface area (Å²) in [5.41, 5.74) is 0.192. The van der Waals surface area contributed by atoms with Crippen molar-refractivity contribution in [2.75, 3.05) is 7.11 Å². The first-order valence-corrected chi connectivity index (χ1v) is 4.72. The average Bonchev–Trinajstić information content (AvgIpc) is 2.27. The molecule has 0 spiro atoms. The molecule has 0 aliphatic carbocycles. The number of rotatable bonds is 2. The fourth-order valence-corrected chi connectivity index (χ4v) is 1.22. The molecule has 0 fully saturated rings. The molecule has 8 heteroatoms. The summed E-state index contributed by atoms with van der Waals surface area (Å²) in [6.45, 7) is 0. The van der Waals surface area contributed by atoms with Gasteiger partial charge >= 0.3 is 12.1 Å². The first kappa shape index (κ1) is 12.2. The molecule has 1 N–H and O–H groups in total. The van der Waals surface area contributed by atoms with Crippen molar-refractivity contribution in [3.8, 4) is 0 Å². The van der Waals surface area contributed by atoms with E-state index in [1.165, 1.54) is 19.4 Å². The maximum Gasteiger partial charge on any atom is 0.450 e. The van der Waals surface area contributed by atoms with Crippen molar-refractivity contribution in [3.63, 3.8) is 0 Å². The molecule has 0 unspecified atom stereocenters. The van der Waals surface area contributed by atoms with E-state index in [2.05, 4.69) is 35.9 Å². The van der Waals surface area contributed by atoms with Gasteiger partial charge in [0.2, 0.25) is 0 Å². The van der Waals surface area contributed by atoms with Crippen LogP contribution in [-0.4, -0.2) is 29.3 Å². The summed E-state index contributed by atoms with van der Waals surface area (Å²) in [5.74, 6) is -0.577. The Bertz CT molecular complexity index is 461. The number of carbonyl (C=O) groups excluding carboxylic acids is 1. The Kier molecular flexibility index (Phi) is 4.06. The molecule has 0 aliphatic heterocycles. The Labute approximate surface area is 98.3 Å². The number of pyridine rings is 1. The van der Waals surface area contributed by atoms with Crippen LogP contribution in [0.25, 0.3) is 0 Å². The van der Waals surface area contributed by atoms with E-state index in [-0.39, 0.29) is 11.4 Å². The molecule has 0 saturated carbocycles. The number of halogens is 1. The zero-order valence-corrected chi connectivity index (χ0v) is 9.63. The zero-order valence-electron chi connectivity index (χ0n) is 8.05. The molecular formula is C8H6BrN3O4. The van der Waals surface area contributed by atoms with Crippen LogP contribution in [0.3, 0.4) is 0 Å². The van der Waals surface area contributed by atoms with Gasteiger partial charge in [-0.3, -0.25) is 0 Å². The van der Waals surface area contributed by atoms with Crippen LogP contribution in [0.5, 0.6) is 0 Å². The largest absolute Gasteiger partial charge is 0.465 e. The summed E-state index contributed by atoms with van der Waals surface area (Å²) in [6.07, 6.45) is -0.132. The van der Waals surface area contributed by atoms with Crippen molar-refractivity contribution < 1.29 is 19.4 Å². The molecule has 1 amide bonds. The maximum atomic E-state index is 11.3. The molecule has 0 saturated heterocycles. The molecule has 0 radical (unpaired) electrons. The van der Waals surface area contributed by atoms with E-state index in [0.29, 0.717) is 4.47 Å². The highest BCUT2D eigenvalue weighted by Gasteiger charge is 2.11. The number of carbonyl (C=O) groups is 2. The molecule has 0 aromatic carbocycles. The van der Waals surface area contributed by atoms with E-state index in [1.807, 2.05) is 0 Å². The number of hydrogen-bond acceptors (Lipinski definition) is 5. The van der Waals surface area contributed by atoms with Crippen LogP contribution < -0.4 is 0 Å². The minimum Gasteiger partial charge on any atom is -0.465 e. The van der Waals surface area contributed by atoms with E-state index in [4.69, 9.17) is 5.11 Å². The van der Waals surface area contributed by atoms with E-state index in [0.717, 1.165) is 0 Å². The number of carboxylic acid groups (broad SMARTS) is 1. The molecule has 1 rings (SSSR count). The van der Waals surface area contributed by atoms with Crippen molar-refractivity contribution in [2.24, 2.45) is 10.2 Å². The predicted molar refractivity (Wildman–Crippen MR) is 55.8 cm³/mol. The van der Waals surface area contributed by atoms with Gasteiger partial charge in [-0.15, -0.1) is 5.11 Å². The van der Waals surface area contributed by atoms with E-state index < -0.39 is 12.1 Å².